The first kappa shape index (κ1) is 16.7. The molecule has 2 N–H and O–H groups in total. The number of benzene rings is 2. The Morgan fingerprint density at radius 3 is 2.20 bits per heavy atom. The van der Waals surface area contributed by atoms with Gasteiger partial charge >= 0.3 is 0 Å². The molecule has 0 atom stereocenters. The van der Waals surface area contributed by atoms with Gasteiger partial charge in [-0.3, -0.25) is 0 Å². The van der Waals surface area contributed by atoms with E-state index in [0.717, 1.165) is 11.4 Å². The number of hydrogen-bond acceptors (Lipinski definition) is 5. The first-order valence-electron chi connectivity index (χ1n) is 7.98. The van der Waals surface area contributed by atoms with Crippen molar-refractivity contribution in [3.8, 4) is 5.75 Å². The summed E-state index contributed by atoms with van der Waals surface area (Å²) < 4.78 is 18.6. The standard InChI is InChI=1S/C19H19FN4O/c1-13(2)25-17-9-7-15(8-10-17)22-18-11-12-21-19(24-18)23-16-5-3-14(20)4-6-16/h3-13H,1-2H3,(H2,21,22,23,24). The molecule has 0 unspecified atom stereocenters. The van der Waals surface area contributed by atoms with E-state index in [1.807, 2.05) is 38.1 Å². The number of aromatic nitrogens is 2. The molecule has 0 bridgehead atoms. The number of nitrogens with one attached hydrogen (secondary N) is 2. The fraction of sp³-hybridized carbons (Fsp3) is 0.158. The van der Waals surface area contributed by atoms with Crippen LogP contribution in [0.4, 0.5) is 27.5 Å². The van der Waals surface area contributed by atoms with Crippen LogP contribution in [0.2, 0.25) is 0 Å². The predicted molar refractivity (Wildman–Crippen MR) is 97.2 cm³/mol. The highest BCUT2D eigenvalue weighted by molar-refractivity contribution is 5.59. The molecule has 6 heteroatoms. The Bertz CT molecular complexity index is 820. The number of anilines is 4. The van der Waals surface area contributed by atoms with Gasteiger partial charge in [0, 0.05) is 17.6 Å². The molecule has 0 radical (unpaired) electrons. The minimum absolute atomic E-state index is 0.140. The van der Waals surface area contributed by atoms with Gasteiger partial charge in [0.25, 0.3) is 0 Å². The Balaban J connectivity index is 1.68. The summed E-state index contributed by atoms with van der Waals surface area (Å²) in [6.07, 6.45) is 1.79. The normalized spacial score (nSPS) is 10.6. The largest absolute Gasteiger partial charge is 0.491 e. The molecule has 128 valence electrons. The Kier molecular flexibility index (Phi) is 5.09. The third kappa shape index (κ3) is 4.91. The van der Waals surface area contributed by atoms with Gasteiger partial charge in [-0.15, -0.1) is 0 Å². The molecule has 0 saturated heterocycles. The summed E-state index contributed by atoms with van der Waals surface area (Å²) in [4.78, 5) is 8.57. The maximum Gasteiger partial charge on any atom is 0.229 e. The molecule has 2 aromatic carbocycles. The van der Waals surface area contributed by atoms with Crippen LogP contribution in [0.1, 0.15) is 13.8 Å². The minimum Gasteiger partial charge on any atom is -0.491 e. The van der Waals surface area contributed by atoms with Gasteiger partial charge in [-0.1, -0.05) is 0 Å². The molecule has 0 amide bonds. The van der Waals surface area contributed by atoms with Crippen molar-refractivity contribution in [1.82, 2.24) is 9.97 Å². The number of rotatable bonds is 6. The van der Waals surface area contributed by atoms with Crippen molar-refractivity contribution >= 4 is 23.1 Å². The third-order valence-electron chi connectivity index (χ3n) is 3.25. The van der Waals surface area contributed by atoms with Crippen molar-refractivity contribution in [2.75, 3.05) is 10.6 Å². The topological polar surface area (TPSA) is 59.1 Å². The lowest BCUT2D eigenvalue weighted by atomic mass is 10.3. The van der Waals surface area contributed by atoms with E-state index in [0.29, 0.717) is 17.5 Å². The lowest BCUT2D eigenvalue weighted by Crippen LogP contribution is -2.05. The van der Waals surface area contributed by atoms with E-state index in [2.05, 4.69) is 20.6 Å². The van der Waals surface area contributed by atoms with Gasteiger partial charge in [0.1, 0.15) is 17.4 Å². The highest BCUT2D eigenvalue weighted by atomic mass is 19.1. The number of hydrogen-bond donors (Lipinski definition) is 2. The fourth-order valence-electron chi connectivity index (χ4n) is 2.19. The molecule has 1 aromatic heterocycles. The lowest BCUT2D eigenvalue weighted by Gasteiger charge is -2.11. The molecular weight excluding hydrogens is 319 g/mol. The van der Waals surface area contributed by atoms with Crippen molar-refractivity contribution in [2.24, 2.45) is 0 Å². The summed E-state index contributed by atoms with van der Waals surface area (Å²) >= 11 is 0. The molecule has 5 nitrogen and oxygen atoms in total. The second kappa shape index (κ2) is 7.61. The van der Waals surface area contributed by atoms with E-state index in [1.165, 1.54) is 12.1 Å². The summed E-state index contributed by atoms with van der Waals surface area (Å²) in [7, 11) is 0. The van der Waals surface area contributed by atoms with Crippen molar-refractivity contribution in [3.05, 3.63) is 66.6 Å². The van der Waals surface area contributed by atoms with Gasteiger partial charge in [0.15, 0.2) is 0 Å². The van der Waals surface area contributed by atoms with Crippen molar-refractivity contribution in [2.45, 2.75) is 20.0 Å². The molecule has 25 heavy (non-hydrogen) atoms. The molecule has 0 spiro atoms. The highest BCUT2D eigenvalue weighted by Gasteiger charge is 2.03. The third-order valence-corrected chi connectivity index (χ3v) is 3.25. The Morgan fingerprint density at radius 2 is 1.52 bits per heavy atom. The van der Waals surface area contributed by atoms with E-state index >= 15 is 0 Å². The van der Waals surface area contributed by atoms with E-state index in [4.69, 9.17) is 4.74 Å². The zero-order valence-corrected chi connectivity index (χ0v) is 14.0. The van der Waals surface area contributed by atoms with Crippen molar-refractivity contribution < 1.29 is 9.13 Å². The number of ether oxygens (including phenoxy) is 1. The first-order valence-corrected chi connectivity index (χ1v) is 7.98. The van der Waals surface area contributed by atoms with Crippen molar-refractivity contribution in [1.29, 1.82) is 0 Å². The van der Waals surface area contributed by atoms with Crippen LogP contribution in [0.15, 0.2) is 60.8 Å². The van der Waals surface area contributed by atoms with Crippen LogP contribution in [-0.4, -0.2) is 16.1 Å². The monoisotopic (exact) mass is 338 g/mol. The zero-order valence-electron chi connectivity index (χ0n) is 14.0. The summed E-state index contributed by atoms with van der Waals surface area (Å²) in [5.74, 6) is 1.61. The average molecular weight is 338 g/mol. The molecule has 1 heterocycles. The molecule has 0 saturated carbocycles. The molecule has 0 fully saturated rings. The molecular formula is C19H19FN4O. The van der Waals surface area contributed by atoms with Gasteiger partial charge in [-0.25, -0.2) is 9.37 Å². The van der Waals surface area contributed by atoms with E-state index < -0.39 is 0 Å². The van der Waals surface area contributed by atoms with Gasteiger partial charge in [0.2, 0.25) is 5.95 Å². The zero-order chi connectivity index (χ0) is 17.6. The molecule has 0 aliphatic carbocycles. The van der Waals surface area contributed by atoms with E-state index in [9.17, 15) is 4.39 Å². The van der Waals surface area contributed by atoms with Crippen LogP contribution in [-0.2, 0) is 0 Å². The smallest absolute Gasteiger partial charge is 0.229 e. The fourth-order valence-corrected chi connectivity index (χ4v) is 2.19. The SMILES string of the molecule is CC(C)Oc1ccc(Nc2ccnc(Nc3ccc(F)cc3)n2)cc1. The summed E-state index contributed by atoms with van der Waals surface area (Å²) in [5, 5.41) is 6.25. The predicted octanol–water partition coefficient (Wildman–Crippen LogP) is 4.89. The van der Waals surface area contributed by atoms with E-state index in [-0.39, 0.29) is 11.9 Å². The van der Waals surface area contributed by atoms with Gasteiger partial charge < -0.3 is 15.4 Å². The molecule has 3 rings (SSSR count). The number of nitrogens with zero attached hydrogens (tertiary/aromatic N) is 2. The van der Waals surface area contributed by atoms with Crippen LogP contribution in [0.25, 0.3) is 0 Å². The second-order valence-corrected chi connectivity index (χ2v) is 5.71. The molecule has 0 aliphatic rings. The van der Waals surface area contributed by atoms with Crippen LogP contribution in [0.5, 0.6) is 5.75 Å². The molecule has 3 aromatic rings. The Morgan fingerprint density at radius 1 is 0.880 bits per heavy atom. The highest BCUT2D eigenvalue weighted by Crippen LogP contribution is 2.21. The number of halogens is 1. The van der Waals surface area contributed by atoms with Gasteiger partial charge in [0.05, 0.1) is 6.10 Å². The summed E-state index contributed by atoms with van der Waals surface area (Å²) in [6.45, 7) is 3.98. The summed E-state index contributed by atoms with van der Waals surface area (Å²) in [5.41, 5.74) is 1.61. The van der Waals surface area contributed by atoms with Crippen LogP contribution in [0.3, 0.4) is 0 Å². The first-order chi connectivity index (χ1) is 12.1. The quantitative estimate of drug-likeness (QED) is 0.670. The van der Waals surface area contributed by atoms with E-state index in [1.54, 1.807) is 24.4 Å². The minimum atomic E-state index is -0.285. The average Bonchev–Trinajstić information content (AvgIpc) is 2.59. The Hall–Kier alpha value is -3.15. The van der Waals surface area contributed by atoms with Gasteiger partial charge in [-0.2, -0.15) is 4.98 Å². The Labute approximate surface area is 145 Å². The molecule has 0 aliphatic heterocycles. The van der Waals surface area contributed by atoms with Crippen LogP contribution >= 0.6 is 0 Å². The lowest BCUT2D eigenvalue weighted by molar-refractivity contribution is 0.242. The summed E-state index contributed by atoms with van der Waals surface area (Å²) in [6, 6.07) is 15.4. The van der Waals surface area contributed by atoms with Crippen molar-refractivity contribution in [3.63, 3.8) is 0 Å². The maximum atomic E-state index is 13.0. The van der Waals surface area contributed by atoms with Gasteiger partial charge in [-0.05, 0) is 68.4 Å². The second-order valence-electron chi connectivity index (χ2n) is 5.71. The van der Waals surface area contributed by atoms with Crippen LogP contribution < -0.4 is 15.4 Å². The van der Waals surface area contributed by atoms with Crippen LogP contribution in [0, 0.1) is 5.82 Å². The maximum absolute atomic E-state index is 13.0.